The molecule has 60 heavy (non-hydrogen) atoms. The molecular formula is C44H76N4O12. The Morgan fingerprint density at radius 2 is 0.867 bits per heavy atom. The molecule has 1 aliphatic carbocycles. The fraction of sp³-hybridized carbons (Fsp3) is 0.818. The molecule has 16 nitrogen and oxygen atoms in total. The molecule has 0 unspecified atom stereocenters. The maximum absolute atomic E-state index is 13.0. The smallest absolute Gasteiger partial charge is 0.326 e. The number of aliphatic hydroxyl groups excluding tert-OH is 1. The molecular weight excluding hydrogens is 777 g/mol. The van der Waals surface area contributed by atoms with Crippen molar-refractivity contribution in [3.63, 3.8) is 0 Å². The first kappa shape index (κ1) is 53.9. The van der Waals surface area contributed by atoms with Crippen molar-refractivity contribution < 1.29 is 58.8 Å². The van der Waals surface area contributed by atoms with Gasteiger partial charge >= 0.3 is 17.9 Å². The standard InChI is InChI=1S/C44H76N4O12/c1-31(2)37(50)26-23-34(42(55)56)46-39(52)27-24-35(43(57)58)47-40(53)28-25-36(44(59)60)48-41(54)33-21-19-32(20-22-33)30-45-38(51)18-16-14-12-10-8-6-4-3-5-7-9-11-13-15-17-29-49/h31-36,49H,3-30H2,1-2H3,(H,45,51)(H,46,52)(H,47,53)(H,48,54)(H,55,56)(H,57,58)(H,59,60)/t32-,33-,34-,35-,36-/m0/s1. The van der Waals surface area contributed by atoms with Crippen molar-refractivity contribution in [2.24, 2.45) is 17.8 Å². The molecule has 3 atom stereocenters. The highest BCUT2D eigenvalue weighted by atomic mass is 16.4. The van der Waals surface area contributed by atoms with Gasteiger partial charge in [-0.05, 0) is 63.7 Å². The molecule has 0 bridgehead atoms. The Bertz CT molecular complexity index is 1320. The number of Topliss-reactive ketones (excluding diaryl/α,β-unsaturated/α-hetero) is 1. The molecule has 1 aliphatic rings. The Balaban J connectivity index is 2.28. The number of carboxylic acids is 3. The van der Waals surface area contributed by atoms with Crippen molar-refractivity contribution in [3.8, 4) is 0 Å². The Labute approximate surface area is 356 Å². The van der Waals surface area contributed by atoms with Crippen LogP contribution in [0.1, 0.15) is 181 Å². The average Bonchev–Trinajstić information content (AvgIpc) is 3.21. The number of aliphatic hydroxyl groups is 1. The van der Waals surface area contributed by atoms with Crippen molar-refractivity contribution in [3.05, 3.63) is 0 Å². The topological polar surface area (TPSA) is 266 Å². The van der Waals surface area contributed by atoms with E-state index in [0.29, 0.717) is 45.3 Å². The van der Waals surface area contributed by atoms with Crippen LogP contribution in [0.15, 0.2) is 0 Å². The Morgan fingerprint density at radius 1 is 0.483 bits per heavy atom. The number of aliphatic carboxylic acids is 3. The lowest BCUT2D eigenvalue weighted by Gasteiger charge is -2.28. The highest BCUT2D eigenvalue weighted by Crippen LogP contribution is 2.29. The summed E-state index contributed by atoms with van der Waals surface area (Å²) in [6.07, 6.45) is 19.1. The lowest BCUT2D eigenvalue weighted by molar-refractivity contribution is -0.144. The number of hydrogen-bond donors (Lipinski definition) is 8. The quantitative estimate of drug-likeness (QED) is 0.0368. The van der Waals surface area contributed by atoms with Gasteiger partial charge in [-0.3, -0.25) is 24.0 Å². The van der Waals surface area contributed by atoms with E-state index >= 15 is 0 Å². The van der Waals surface area contributed by atoms with Crippen LogP contribution in [0.25, 0.3) is 0 Å². The monoisotopic (exact) mass is 853 g/mol. The minimum Gasteiger partial charge on any atom is -0.480 e. The number of carboxylic acid groups (broad SMARTS) is 3. The summed E-state index contributed by atoms with van der Waals surface area (Å²) >= 11 is 0. The molecule has 0 aromatic heterocycles. The zero-order valence-corrected chi connectivity index (χ0v) is 36.3. The van der Waals surface area contributed by atoms with Crippen molar-refractivity contribution in [2.75, 3.05) is 13.2 Å². The van der Waals surface area contributed by atoms with Crippen LogP contribution in [-0.2, 0) is 38.4 Å². The number of ketones is 1. The molecule has 1 rings (SSSR count). The van der Waals surface area contributed by atoms with Gasteiger partial charge in [0.05, 0.1) is 0 Å². The second-order valence-electron chi connectivity index (χ2n) is 16.9. The van der Waals surface area contributed by atoms with E-state index in [2.05, 4.69) is 21.3 Å². The first-order chi connectivity index (χ1) is 28.6. The van der Waals surface area contributed by atoms with Gasteiger partial charge in [-0.2, -0.15) is 0 Å². The van der Waals surface area contributed by atoms with E-state index in [0.717, 1.165) is 32.1 Å². The molecule has 0 aliphatic heterocycles. The number of carbonyl (C=O) groups excluding carboxylic acids is 5. The SMILES string of the molecule is CC(C)C(=O)CC[C@H](NC(=O)CC[C@H](NC(=O)CC[C@H](NC(=O)[C@H]1CC[C@H](CNC(=O)CCCCCCCCCCCCCCCCCO)CC1)C(=O)O)C(=O)O)C(=O)O. The van der Waals surface area contributed by atoms with E-state index < -0.39 is 72.5 Å². The summed E-state index contributed by atoms with van der Waals surface area (Å²) < 4.78 is 0. The fourth-order valence-electron chi connectivity index (χ4n) is 7.39. The molecule has 0 spiro atoms. The molecule has 8 N–H and O–H groups in total. The molecule has 0 saturated heterocycles. The van der Waals surface area contributed by atoms with E-state index in [1.807, 2.05) is 0 Å². The maximum atomic E-state index is 13.0. The summed E-state index contributed by atoms with van der Waals surface area (Å²) in [5, 5.41) is 47.6. The lowest BCUT2D eigenvalue weighted by Crippen LogP contribution is -2.46. The lowest BCUT2D eigenvalue weighted by atomic mass is 9.81. The number of carbonyl (C=O) groups is 8. The van der Waals surface area contributed by atoms with Gasteiger partial charge in [0.1, 0.15) is 23.9 Å². The highest BCUT2D eigenvalue weighted by Gasteiger charge is 2.31. The van der Waals surface area contributed by atoms with Gasteiger partial charge in [-0.1, -0.05) is 97.3 Å². The van der Waals surface area contributed by atoms with E-state index in [9.17, 15) is 53.7 Å². The van der Waals surface area contributed by atoms with E-state index in [4.69, 9.17) is 5.11 Å². The molecule has 0 heterocycles. The Hall–Kier alpha value is -4.08. The summed E-state index contributed by atoms with van der Waals surface area (Å²) in [6.45, 7) is 4.19. The first-order valence-corrected chi connectivity index (χ1v) is 22.6. The maximum Gasteiger partial charge on any atom is 0.326 e. The van der Waals surface area contributed by atoms with E-state index in [-0.39, 0.29) is 49.2 Å². The van der Waals surface area contributed by atoms with Crippen LogP contribution in [0.3, 0.4) is 0 Å². The molecule has 0 aromatic carbocycles. The van der Waals surface area contributed by atoms with Crippen molar-refractivity contribution in [1.29, 1.82) is 0 Å². The van der Waals surface area contributed by atoms with Crippen molar-refractivity contribution in [2.45, 2.75) is 199 Å². The minimum absolute atomic E-state index is 0.0354. The van der Waals surface area contributed by atoms with Crippen LogP contribution in [0.4, 0.5) is 0 Å². The van der Waals surface area contributed by atoms with Gasteiger partial charge in [0, 0.05) is 50.7 Å². The highest BCUT2D eigenvalue weighted by molar-refractivity contribution is 5.88. The molecule has 344 valence electrons. The third-order valence-electron chi connectivity index (χ3n) is 11.4. The summed E-state index contributed by atoms with van der Waals surface area (Å²) in [5.74, 6) is -6.76. The molecule has 4 amide bonds. The number of hydrogen-bond acceptors (Lipinski definition) is 9. The van der Waals surface area contributed by atoms with E-state index in [1.54, 1.807) is 13.8 Å². The number of rotatable bonds is 36. The van der Waals surface area contributed by atoms with Crippen LogP contribution < -0.4 is 21.3 Å². The second-order valence-corrected chi connectivity index (χ2v) is 16.9. The van der Waals surface area contributed by atoms with Gasteiger partial charge in [0.25, 0.3) is 0 Å². The predicted octanol–water partition coefficient (Wildman–Crippen LogP) is 5.42. The minimum atomic E-state index is -1.51. The second kappa shape index (κ2) is 32.7. The Kier molecular flexibility index (Phi) is 29.4. The number of nitrogens with one attached hydrogen (secondary N) is 4. The summed E-state index contributed by atoms with van der Waals surface area (Å²) in [4.78, 5) is 97.5. The van der Waals surface area contributed by atoms with Crippen molar-refractivity contribution >= 4 is 47.3 Å². The molecule has 0 aromatic rings. The summed E-state index contributed by atoms with van der Waals surface area (Å²) in [5.41, 5.74) is 0. The van der Waals surface area contributed by atoms with Gasteiger partial charge in [-0.15, -0.1) is 0 Å². The Morgan fingerprint density at radius 3 is 1.27 bits per heavy atom. The van der Waals surface area contributed by atoms with Gasteiger partial charge in [0.15, 0.2) is 0 Å². The van der Waals surface area contributed by atoms with Crippen LogP contribution >= 0.6 is 0 Å². The van der Waals surface area contributed by atoms with E-state index in [1.165, 1.54) is 64.2 Å². The van der Waals surface area contributed by atoms with Gasteiger partial charge in [0.2, 0.25) is 23.6 Å². The van der Waals surface area contributed by atoms with Crippen LogP contribution in [0.5, 0.6) is 0 Å². The molecule has 0 radical (unpaired) electrons. The van der Waals surface area contributed by atoms with Crippen LogP contribution in [-0.4, -0.2) is 99.0 Å². The number of amides is 4. The van der Waals surface area contributed by atoms with Crippen molar-refractivity contribution in [1.82, 2.24) is 21.3 Å². The zero-order chi connectivity index (χ0) is 44.7. The summed E-state index contributed by atoms with van der Waals surface area (Å²) in [7, 11) is 0. The first-order valence-electron chi connectivity index (χ1n) is 22.6. The predicted molar refractivity (Wildman–Crippen MR) is 226 cm³/mol. The van der Waals surface area contributed by atoms with Crippen LogP contribution in [0, 0.1) is 17.8 Å². The largest absolute Gasteiger partial charge is 0.480 e. The van der Waals surface area contributed by atoms with Crippen LogP contribution in [0.2, 0.25) is 0 Å². The molecule has 16 heteroatoms. The summed E-state index contributed by atoms with van der Waals surface area (Å²) in [6, 6.07) is -4.24. The average molecular weight is 853 g/mol. The van der Waals surface area contributed by atoms with Gasteiger partial charge in [-0.25, -0.2) is 14.4 Å². The molecule has 1 fully saturated rings. The number of unbranched alkanes of at least 4 members (excludes halogenated alkanes) is 14. The third kappa shape index (κ3) is 26.2. The fourth-order valence-corrected chi connectivity index (χ4v) is 7.39. The van der Waals surface area contributed by atoms with Gasteiger partial charge < -0.3 is 41.7 Å². The third-order valence-corrected chi connectivity index (χ3v) is 11.4. The zero-order valence-electron chi connectivity index (χ0n) is 36.3. The molecule has 1 saturated carbocycles. The normalized spacial score (nSPS) is 16.6.